The Labute approximate surface area is 68.8 Å². The molecule has 1 aliphatic rings. The largest absolute Gasteiger partial charge is 0.388 e. The van der Waals surface area contributed by atoms with E-state index in [1.54, 1.807) is 0 Å². The highest BCUT2D eigenvalue weighted by Gasteiger charge is 2.44. The Morgan fingerprint density at radius 1 is 1.45 bits per heavy atom. The van der Waals surface area contributed by atoms with Gasteiger partial charge < -0.3 is 10.8 Å². The number of aliphatic hydroxyl groups is 1. The zero-order valence-corrected chi connectivity index (χ0v) is 7.56. The predicted molar refractivity (Wildman–Crippen MR) is 46.3 cm³/mol. The van der Waals surface area contributed by atoms with Crippen LogP contribution in [0.2, 0.25) is 0 Å². The highest BCUT2D eigenvalue weighted by molar-refractivity contribution is 5.02. The van der Waals surface area contributed by atoms with Crippen LogP contribution in [-0.2, 0) is 0 Å². The van der Waals surface area contributed by atoms with E-state index < -0.39 is 5.60 Å². The van der Waals surface area contributed by atoms with Crippen molar-refractivity contribution in [3.05, 3.63) is 0 Å². The quantitative estimate of drug-likeness (QED) is 0.636. The second-order valence-corrected chi connectivity index (χ2v) is 4.01. The molecule has 1 fully saturated rings. The van der Waals surface area contributed by atoms with Crippen molar-refractivity contribution in [1.29, 1.82) is 0 Å². The summed E-state index contributed by atoms with van der Waals surface area (Å²) >= 11 is 0. The first-order valence-corrected chi connectivity index (χ1v) is 4.53. The maximum atomic E-state index is 10.1. The lowest BCUT2D eigenvalue weighted by molar-refractivity contribution is -0.0241. The fourth-order valence-electron chi connectivity index (χ4n) is 1.86. The second-order valence-electron chi connectivity index (χ2n) is 4.01. The first kappa shape index (κ1) is 9.01. The Balaban J connectivity index is 2.69. The van der Waals surface area contributed by atoms with Crippen LogP contribution in [0.15, 0.2) is 0 Å². The molecule has 0 heterocycles. The molecule has 0 spiro atoms. The third-order valence-electron chi connectivity index (χ3n) is 3.23. The van der Waals surface area contributed by atoms with Crippen LogP contribution < -0.4 is 5.73 Å². The molecule has 0 radical (unpaired) electrons. The van der Waals surface area contributed by atoms with E-state index in [0.717, 1.165) is 32.1 Å². The van der Waals surface area contributed by atoms with Gasteiger partial charge in [0.15, 0.2) is 0 Å². The Kier molecular flexibility index (Phi) is 2.26. The maximum Gasteiger partial charge on any atom is 0.0823 e. The lowest BCUT2D eigenvalue weighted by Crippen LogP contribution is -2.56. The third-order valence-corrected chi connectivity index (χ3v) is 3.23. The first-order valence-electron chi connectivity index (χ1n) is 4.53. The monoisotopic (exact) mass is 157 g/mol. The van der Waals surface area contributed by atoms with Crippen molar-refractivity contribution >= 4 is 0 Å². The van der Waals surface area contributed by atoms with E-state index >= 15 is 0 Å². The molecule has 3 N–H and O–H groups in total. The van der Waals surface area contributed by atoms with Gasteiger partial charge in [0.05, 0.1) is 5.60 Å². The van der Waals surface area contributed by atoms with Gasteiger partial charge in [0, 0.05) is 5.54 Å². The van der Waals surface area contributed by atoms with Crippen molar-refractivity contribution in [3.63, 3.8) is 0 Å². The van der Waals surface area contributed by atoms with Crippen molar-refractivity contribution in [2.24, 2.45) is 5.73 Å². The Hall–Kier alpha value is -0.0800. The Morgan fingerprint density at radius 2 is 1.91 bits per heavy atom. The first-order chi connectivity index (χ1) is 5.02. The van der Waals surface area contributed by atoms with Crippen molar-refractivity contribution in [1.82, 2.24) is 0 Å². The molecule has 0 aromatic carbocycles. The van der Waals surface area contributed by atoms with Crippen molar-refractivity contribution in [2.75, 3.05) is 0 Å². The predicted octanol–water partition coefficient (Wildman–Crippen LogP) is 1.42. The maximum absolute atomic E-state index is 10.1. The van der Waals surface area contributed by atoms with E-state index in [-0.39, 0.29) is 5.54 Å². The third kappa shape index (κ3) is 1.42. The lowest BCUT2D eigenvalue weighted by atomic mass is 9.79. The molecular weight excluding hydrogens is 138 g/mol. The molecule has 1 aliphatic carbocycles. The van der Waals surface area contributed by atoms with Crippen LogP contribution >= 0.6 is 0 Å². The van der Waals surface area contributed by atoms with Crippen LogP contribution in [0.5, 0.6) is 0 Å². The molecule has 11 heavy (non-hydrogen) atoms. The molecular formula is C9H19NO. The minimum atomic E-state index is -0.582. The summed E-state index contributed by atoms with van der Waals surface area (Å²) in [5, 5.41) is 10.1. The Bertz CT molecular complexity index is 136. The summed E-state index contributed by atoms with van der Waals surface area (Å²) in [5.41, 5.74) is 5.04. The molecule has 2 heteroatoms. The Morgan fingerprint density at radius 3 is 2.27 bits per heavy atom. The zero-order chi connectivity index (χ0) is 8.54. The molecule has 0 amide bonds. The molecule has 0 saturated heterocycles. The average Bonchev–Trinajstić information content (AvgIpc) is 2.38. The second kappa shape index (κ2) is 2.76. The normalized spacial score (nSPS) is 28.4. The van der Waals surface area contributed by atoms with Gasteiger partial charge >= 0.3 is 0 Å². The van der Waals surface area contributed by atoms with E-state index in [2.05, 4.69) is 0 Å². The van der Waals surface area contributed by atoms with Crippen LogP contribution in [0.4, 0.5) is 0 Å². The fraction of sp³-hybridized carbons (Fsp3) is 1.00. The minimum absolute atomic E-state index is 0.385. The van der Waals surface area contributed by atoms with Gasteiger partial charge in [-0.1, -0.05) is 19.8 Å². The SMILES string of the molecule is CCC(C)(N)C1(O)CCCC1. The summed E-state index contributed by atoms with van der Waals surface area (Å²) < 4.78 is 0. The molecule has 0 aliphatic heterocycles. The molecule has 1 saturated carbocycles. The van der Waals surface area contributed by atoms with Gasteiger partial charge in [-0.15, -0.1) is 0 Å². The van der Waals surface area contributed by atoms with Crippen LogP contribution in [0.25, 0.3) is 0 Å². The molecule has 1 unspecified atom stereocenters. The van der Waals surface area contributed by atoms with E-state index in [1.807, 2.05) is 13.8 Å². The summed E-state index contributed by atoms with van der Waals surface area (Å²) in [5.74, 6) is 0. The van der Waals surface area contributed by atoms with Crippen LogP contribution in [0.1, 0.15) is 46.0 Å². The standard InChI is InChI=1S/C9H19NO/c1-3-8(2,10)9(11)6-4-5-7-9/h11H,3-7,10H2,1-2H3. The van der Waals surface area contributed by atoms with Gasteiger partial charge in [0.2, 0.25) is 0 Å². The van der Waals surface area contributed by atoms with E-state index in [0.29, 0.717) is 0 Å². The number of rotatable bonds is 2. The van der Waals surface area contributed by atoms with E-state index in [1.165, 1.54) is 0 Å². The van der Waals surface area contributed by atoms with Gasteiger partial charge in [-0.25, -0.2) is 0 Å². The van der Waals surface area contributed by atoms with Crippen molar-refractivity contribution < 1.29 is 5.11 Å². The van der Waals surface area contributed by atoms with Gasteiger partial charge in [-0.05, 0) is 26.2 Å². The summed E-state index contributed by atoms with van der Waals surface area (Å²) in [7, 11) is 0. The molecule has 2 nitrogen and oxygen atoms in total. The molecule has 1 rings (SSSR count). The average molecular weight is 157 g/mol. The summed E-state index contributed by atoms with van der Waals surface area (Å²) in [4.78, 5) is 0. The molecule has 0 aromatic heterocycles. The van der Waals surface area contributed by atoms with Crippen molar-refractivity contribution in [3.8, 4) is 0 Å². The fourth-order valence-corrected chi connectivity index (χ4v) is 1.86. The van der Waals surface area contributed by atoms with Crippen LogP contribution in [-0.4, -0.2) is 16.2 Å². The van der Waals surface area contributed by atoms with E-state index in [4.69, 9.17) is 5.73 Å². The smallest absolute Gasteiger partial charge is 0.0823 e. The highest BCUT2D eigenvalue weighted by Crippen LogP contribution is 2.38. The minimum Gasteiger partial charge on any atom is -0.388 e. The summed E-state index contributed by atoms with van der Waals surface area (Å²) in [6, 6.07) is 0. The van der Waals surface area contributed by atoms with Crippen LogP contribution in [0.3, 0.4) is 0 Å². The molecule has 0 bridgehead atoms. The molecule has 1 atom stereocenters. The lowest BCUT2D eigenvalue weighted by Gasteiger charge is -2.39. The van der Waals surface area contributed by atoms with Crippen molar-refractivity contribution in [2.45, 2.75) is 57.1 Å². The van der Waals surface area contributed by atoms with Gasteiger partial charge in [0.1, 0.15) is 0 Å². The van der Waals surface area contributed by atoms with Gasteiger partial charge in [-0.3, -0.25) is 0 Å². The summed E-state index contributed by atoms with van der Waals surface area (Å²) in [6.45, 7) is 3.99. The highest BCUT2D eigenvalue weighted by atomic mass is 16.3. The molecule has 66 valence electrons. The van der Waals surface area contributed by atoms with Crippen LogP contribution in [0, 0.1) is 0 Å². The summed E-state index contributed by atoms with van der Waals surface area (Å²) in [6.07, 6.45) is 4.87. The zero-order valence-electron chi connectivity index (χ0n) is 7.56. The topological polar surface area (TPSA) is 46.2 Å². The number of hydrogen-bond donors (Lipinski definition) is 2. The van der Waals surface area contributed by atoms with Gasteiger partial charge in [-0.2, -0.15) is 0 Å². The number of nitrogens with two attached hydrogens (primary N) is 1. The molecule has 0 aromatic rings. The van der Waals surface area contributed by atoms with Gasteiger partial charge in [0.25, 0.3) is 0 Å². The van der Waals surface area contributed by atoms with E-state index in [9.17, 15) is 5.11 Å². The number of hydrogen-bond acceptors (Lipinski definition) is 2.